The molecule has 0 unspecified atom stereocenters. The number of rotatable bonds is 7. The zero-order valence-electron chi connectivity index (χ0n) is 12.0. The van der Waals surface area contributed by atoms with Crippen LogP contribution in [0.1, 0.15) is 18.9 Å². The van der Waals surface area contributed by atoms with Crippen LogP contribution in [0.3, 0.4) is 0 Å². The van der Waals surface area contributed by atoms with E-state index in [4.69, 9.17) is 4.74 Å². The number of hydrogen-bond acceptors (Lipinski definition) is 6. The first-order valence-electron chi connectivity index (χ1n) is 6.44. The molecule has 0 aliphatic carbocycles. The molecule has 0 amide bonds. The van der Waals surface area contributed by atoms with E-state index in [0.717, 1.165) is 11.6 Å². The summed E-state index contributed by atoms with van der Waals surface area (Å²) in [6, 6.07) is 4.77. The number of aliphatic hydroxyl groups is 1. The van der Waals surface area contributed by atoms with E-state index in [9.17, 15) is 19.8 Å². The number of ether oxygens (including phenoxy) is 2. The number of phenolic OH excluding ortho intramolecular Hbond substituents is 1. The molecule has 0 saturated heterocycles. The second-order valence-electron chi connectivity index (χ2n) is 4.22. The summed E-state index contributed by atoms with van der Waals surface area (Å²) in [6.07, 6.45) is 1.36. The molecule has 0 saturated carbocycles. The van der Waals surface area contributed by atoms with E-state index < -0.39 is 17.5 Å². The van der Waals surface area contributed by atoms with Crippen molar-refractivity contribution in [3.05, 3.63) is 35.6 Å². The van der Waals surface area contributed by atoms with Crippen molar-refractivity contribution in [1.29, 1.82) is 0 Å². The highest BCUT2D eigenvalue weighted by molar-refractivity contribution is 5.97. The van der Waals surface area contributed by atoms with Gasteiger partial charge in [-0.05, 0) is 31.0 Å². The largest absolute Gasteiger partial charge is 0.504 e. The summed E-state index contributed by atoms with van der Waals surface area (Å²) in [4.78, 5) is 22.8. The van der Waals surface area contributed by atoms with Gasteiger partial charge in [-0.3, -0.25) is 4.79 Å². The number of allylic oxidation sites excluding steroid dienone is 1. The Kier molecular flexibility index (Phi) is 6.26. The van der Waals surface area contributed by atoms with Crippen LogP contribution in [0.2, 0.25) is 0 Å². The minimum atomic E-state index is -0.919. The van der Waals surface area contributed by atoms with Crippen molar-refractivity contribution in [3.8, 4) is 11.5 Å². The predicted octanol–water partition coefficient (Wildman–Crippen LogP) is 1.91. The van der Waals surface area contributed by atoms with Crippen LogP contribution in [0.4, 0.5) is 0 Å². The number of carbonyl (C=O) groups is 2. The van der Waals surface area contributed by atoms with Gasteiger partial charge in [0.05, 0.1) is 13.7 Å². The predicted molar refractivity (Wildman–Crippen MR) is 75.3 cm³/mol. The summed E-state index contributed by atoms with van der Waals surface area (Å²) in [7, 11) is 1.43. The molecule has 0 heterocycles. The highest BCUT2D eigenvalue weighted by atomic mass is 16.5. The molecular formula is C15H18O6. The number of ketones is 1. The molecule has 0 spiro atoms. The molecular weight excluding hydrogens is 276 g/mol. The lowest BCUT2D eigenvalue weighted by atomic mass is 10.1. The Morgan fingerprint density at radius 2 is 2.05 bits per heavy atom. The van der Waals surface area contributed by atoms with Crippen molar-refractivity contribution in [3.63, 3.8) is 0 Å². The van der Waals surface area contributed by atoms with Crippen molar-refractivity contribution >= 4 is 11.8 Å². The number of methoxy groups -OCH3 is 1. The number of aromatic hydroxyl groups is 1. The topological polar surface area (TPSA) is 93.1 Å². The van der Waals surface area contributed by atoms with Gasteiger partial charge in [-0.2, -0.15) is 0 Å². The Hall–Kier alpha value is -2.50. The van der Waals surface area contributed by atoms with Gasteiger partial charge in [-0.1, -0.05) is 6.07 Å². The first-order chi connectivity index (χ1) is 9.97. The summed E-state index contributed by atoms with van der Waals surface area (Å²) < 4.78 is 9.52. The Labute approximate surface area is 122 Å². The Balaban J connectivity index is 2.61. The lowest BCUT2D eigenvalue weighted by Crippen LogP contribution is -2.09. The van der Waals surface area contributed by atoms with Crippen LogP contribution < -0.4 is 4.74 Å². The van der Waals surface area contributed by atoms with Gasteiger partial charge in [0.25, 0.3) is 0 Å². The van der Waals surface area contributed by atoms with Crippen molar-refractivity contribution < 1.29 is 29.3 Å². The van der Waals surface area contributed by atoms with Crippen LogP contribution in [0, 0.1) is 0 Å². The third kappa shape index (κ3) is 5.18. The molecule has 2 N–H and O–H groups in total. The molecule has 0 radical (unpaired) electrons. The highest BCUT2D eigenvalue weighted by Gasteiger charge is 2.11. The van der Waals surface area contributed by atoms with Crippen LogP contribution in [-0.4, -0.2) is 35.7 Å². The molecule has 21 heavy (non-hydrogen) atoms. The molecule has 0 aromatic heterocycles. The lowest BCUT2D eigenvalue weighted by Gasteiger charge is -2.06. The van der Waals surface area contributed by atoms with E-state index in [0.29, 0.717) is 12.2 Å². The molecule has 1 aromatic rings. The first-order valence-corrected chi connectivity index (χ1v) is 6.44. The molecule has 0 aliphatic rings. The van der Waals surface area contributed by atoms with Gasteiger partial charge in [0.1, 0.15) is 0 Å². The van der Waals surface area contributed by atoms with E-state index in [1.165, 1.54) is 13.2 Å². The molecule has 0 bridgehead atoms. The van der Waals surface area contributed by atoms with Gasteiger partial charge in [0.2, 0.25) is 5.76 Å². The minimum Gasteiger partial charge on any atom is -0.504 e. The number of benzene rings is 1. The standard InChI is InChI=1S/C15H18O6/c1-3-21-15(19)13(18)9-11(16)6-4-10-5-7-12(17)14(8-10)20-2/h5,7-9,17-18H,3-4,6H2,1-2H3/b13-9-. The number of esters is 1. The van der Waals surface area contributed by atoms with Gasteiger partial charge in [0, 0.05) is 12.5 Å². The molecule has 6 nitrogen and oxygen atoms in total. The SMILES string of the molecule is CCOC(=O)/C(O)=C/C(=O)CCc1ccc(O)c(OC)c1. The quantitative estimate of drug-likeness (QED) is 0.453. The summed E-state index contributed by atoms with van der Waals surface area (Å²) in [5.74, 6) is -1.67. The monoisotopic (exact) mass is 294 g/mol. The number of aliphatic hydroxyl groups excluding tert-OH is 1. The van der Waals surface area contributed by atoms with E-state index >= 15 is 0 Å². The average molecular weight is 294 g/mol. The van der Waals surface area contributed by atoms with Gasteiger partial charge in [0.15, 0.2) is 17.3 Å². The normalized spacial score (nSPS) is 11.0. The second kappa shape index (κ2) is 7.94. The molecule has 0 atom stereocenters. The van der Waals surface area contributed by atoms with Crippen LogP contribution in [0.5, 0.6) is 11.5 Å². The molecule has 114 valence electrons. The van der Waals surface area contributed by atoms with Crippen LogP contribution in [0.15, 0.2) is 30.0 Å². The van der Waals surface area contributed by atoms with E-state index in [1.807, 2.05) is 0 Å². The number of aryl methyl sites for hydroxylation is 1. The van der Waals surface area contributed by atoms with Crippen LogP contribution in [0.25, 0.3) is 0 Å². The minimum absolute atomic E-state index is 0.0208. The zero-order valence-corrected chi connectivity index (χ0v) is 12.0. The van der Waals surface area contributed by atoms with Gasteiger partial charge >= 0.3 is 5.97 Å². The molecule has 0 fully saturated rings. The zero-order chi connectivity index (χ0) is 15.8. The van der Waals surface area contributed by atoms with Crippen LogP contribution >= 0.6 is 0 Å². The van der Waals surface area contributed by atoms with E-state index in [1.54, 1.807) is 19.1 Å². The fourth-order valence-electron chi connectivity index (χ4n) is 1.63. The Morgan fingerprint density at radius 3 is 2.67 bits per heavy atom. The smallest absolute Gasteiger partial charge is 0.373 e. The third-order valence-corrected chi connectivity index (χ3v) is 2.69. The molecule has 0 aliphatic heterocycles. The van der Waals surface area contributed by atoms with Gasteiger partial charge in [-0.15, -0.1) is 0 Å². The summed E-state index contributed by atoms with van der Waals surface area (Å²) in [6.45, 7) is 1.73. The third-order valence-electron chi connectivity index (χ3n) is 2.69. The van der Waals surface area contributed by atoms with Crippen molar-refractivity contribution in [2.45, 2.75) is 19.8 Å². The van der Waals surface area contributed by atoms with Crippen LogP contribution in [-0.2, 0) is 20.7 Å². The summed E-state index contributed by atoms with van der Waals surface area (Å²) >= 11 is 0. The Morgan fingerprint density at radius 1 is 1.33 bits per heavy atom. The maximum atomic E-state index is 11.6. The maximum Gasteiger partial charge on any atom is 0.373 e. The fraction of sp³-hybridized carbons (Fsp3) is 0.333. The lowest BCUT2D eigenvalue weighted by molar-refractivity contribution is -0.141. The van der Waals surface area contributed by atoms with Gasteiger partial charge < -0.3 is 19.7 Å². The first kappa shape index (κ1) is 16.6. The van der Waals surface area contributed by atoms with Gasteiger partial charge in [-0.25, -0.2) is 4.79 Å². The average Bonchev–Trinajstić information content (AvgIpc) is 2.46. The summed E-state index contributed by atoms with van der Waals surface area (Å²) in [5.41, 5.74) is 0.794. The number of hydrogen-bond donors (Lipinski definition) is 2. The Bertz CT molecular complexity index is 547. The molecule has 6 heteroatoms. The van der Waals surface area contributed by atoms with E-state index in [-0.39, 0.29) is 18.8 Å². The fourth-order valence-corrected chi connectivity index (χ4v) is 1.63. The molecule has 1 aromatic carbocycles. The number of carbonyl (C=O) groups excluding carboxylic acids is 2. The van der Waals surface area contributed by atoms with Crippen molar-refractivity contribution in [1.82, 2.24) is 0 Å². The van der Waals surface area contributed by atoms with E-state index in [2.05, 4.69) is 4.74 Å². The summed E-state index contributed by atoms with van der Waals surface area (Å²) in [5, 5.41) is 18.8. The highest BCUT2D eigenvalue weighted by Crippen LogP contribution is 2.26. The number of phenols is 1. The maximum absolute atomic E-state index is 11.6. The molecule has 1 rings (SSSR count). The second-order valence-corrected chi connectivity index (χ2v) is 4.22. The van der Waals surface area contributed by atoms with Crippen molar-refractivity contribution in [2.24, 2.45) is 0 Å². The van der Waals surface area contributed by atoms with Crippen molar-refractivity contribution in [2.75, 3.05) is 13.7 Å².